The number of carbonyl (C=O) groups excluding carboxylic acids is 1. The van der Waals surface area contributed by atoms with Crippen molar-refractivity contribution in [3.63, 3.8) is 0 Å². The Morgan fingerprint density at radius 2 is 1.90 bits per heavy atom. The number of hydrogen-bond acceptors (Lipinski definition) is 4. The highest BCUT2D eigenvalue weighted by molar-refractivity contribution is 5.77. The lowest BCUT2D eigenvalue weighted by Gasteiger charge is -2.32. The molecule has 0 bridgehead atoms. The quantitative estimate of drug-likeness (QED) is 0.322. The molecule has 0 saturated heterocycles. The van der Waals surface area contributed by atoms with Crippen LogP contribution in [-0.4, -0.2) is 41.6 Å². The summed E-state index contributed by atoms with van der Waals surface area (Å²) in [4.78, 5) is 26.1. The first-order chi connectivity index (χ1) is 14.7. The lowest BCUT2D eigenvalue weighted by molar-refractivity contribution is -0.144. The van der Waals surface area contributed by atoms with E-state index < -0.39 is 12.0 Å². The van der Waals surface area contributed by atoms with Crippen LogP contribution in [0.1, 0.15) is 77.5 Å². The number of carbonyl (C=O) groups is 2. The number of methoxy groups -OCH3 is 1. The highest BCUT2D eigenvalue weighted by Crippen LogP contribution is 2.32. The Balaban J connectivity index is 2.72. The van der Waals surface area contributed by atoms with E-state index in [4.69, 9.17) is 4.74 Å². The zero-order valence-electron chi connectivity index (χ0n) is 20.0. The topological polar surface area (TPSA) is 78.9 Å². The number of amides is 1. The van der Waals surface area contributed by atoms with Crippen LogP contribution in [0, 0.1) is 5.92 Å². The summed E-state index contributed by atoms with van der Waals surface area (Å²) in [6.07, 6.45) is 7.73. The van der Waals surface area contributed by atoms with Gasteiger partial charge in [0.1, 0.15) is 11.8 Å². The van der Waals surface area contributed by atoms with Crippen LogP contribution >= 0.6 is 0 Å². The minimum atomic E-state index is -0.904. The molecule has 174 valence electrons. The SMILES string of the molecule is CCN(C(C)C)C(C(=O)O)c1ccc(CNC(=O)CCCCC=CC(C)C)cc1OC. The van der Waals surface area contributed by atoms with Gasteiger partial charge in [0.15, 0.2) is 0 Å². The Morgan fingerprint density at radius 3 is 2.45 bits per heavy atom. The Morgan fingerprint density at radius 1 is 1.19 bits per heavy atom. The first kappa shape index (κ1) is 26.7. The van der Waals surface area contributed by atoms with Crippen LogP contribution in [0.15, 0.2) is 30.4 Å². The number of rotatable bonds is 14. The molecule has 1 atom stereocenters. The van der Waals surface area contributed by atoms with Gasteiger partial charge in [0.2, 0.25) is 5.91 Å². The molecule has 6 heteroatoms. The number of nitrogens with one attached hydrogen (secondary N) is 1. The van der Waals surface area contributed by atoms with Gasteiger partial charge in [-0.2, -0.15) is 0 Å². The van der Waals surface area contributed by atoms with Crippen molar-refractivity contribution in [1.82, 2.24) is 10.2 Å². The summed E-state index contributed by atoms with van der Waals surface area (Å²) < 4.78 is 5.51. The molecule has 0 aliphatic carbocycles. The number of unbranched alkanes of at least 4 members (excludes halogenated alkanes) is 2. The lowest BCUT2D eigenvalue weighted by atomic mass is 10.0. The van der Waals surface area contributed by atoms with Gasteiger partial charge >= 0.3 is 5.97 Å². The van der Waals surface area contributed by atoms with Gasteiger partial charge in [0, 0.05) is 24.6 Å². The highest BCUT2D eigenvalue weighted by Gasteiger charge is 2.30. The normalized spacial score (nSPS) is 12.7. The molecular formula is C25H40N2O4. The predicted molar refractivity (Wildman–Crippen MR) is 125 cm³/mol. The number of hydrogen-bond donors (Lipinski definition) is 2. The Kier molecular flexibility index (Phi) is 11.9. The second-order valence-corrected chi connectivity index (χ2v) is 8.44. The van der Waals surface area contributed by atoms with Crippen LogP contribution in [0.3, 0.4) is 0 Å². The van der Waals surface area contributed by atoms with Gasteiger partial charge in [-0.3, -0.25) is 14.5 Å². The van der Waals surface area contributed by atoms with E-state index in [1.165, 1.54) is 0 Å². The molecule has 0 saturated carbocycles. The van der Waals surface area contributed by atoms with Crippen molar-refractivity contribution in [1.29, 1.82) is 0 Å². The first-order valence-corrected chi connectivity index (χ1v) is 11.3. The van der Waals surface area contributed by atoms with Gasteiger partial charge in [-0.1, -0.05) is 45.1 Å². The monoisotopic (exact) mass is 432 g/mol. The molecule has 1 aromatic rings. The minimum absolute atomic E-state index is 0.0243. The van der Waals surface area contributed by atoms with Gasteiger partial charge < -0.3 is 15.2 Å². The third-order valence-electron chi connectivity index (χ3n) is 5.22. The van der Waals surface area contributed by atoms with E-state index in [2.05, 4.69) is 31.3 Å². The van der Waals surface area contributed by atoms with E-state index in [1.54, 1.807) is 13.2 Å². The standard InChI is InChI=1S/C25H40N2O4/c1-7-27(19(4)5)24(25(29)30)21-15-14-20(16-22(21)31-6)17-26-23(28)13-11-9-8-10-12-18(2)3/h10,12,14-16,18-19,24H,7-9,11,13,17H2,1-6H3,(H,26,28)(H,29,30). The minimum Gasteiger partial charge on any atom is -0.496 e. The summed E-state index contributed by atoms with van der Waals surface area (Å²) in [5.74, 6) is 0.206. The van der Waals surface area contributed by atoms with Crippen molar-refractivity contribution in [2.75, 3.05) is 13.7 Å². The molecule has 0 aromatic heterocycles. The Labute approximate surface area is 187 Å². The maximum absolute atomic E-state index is 12.1. The first-order valence-electron chi connectivity index (χ1n) is 11.3. The molecule has 2 N–H and O–H groups in total. The molecule has 0 aliphatic rings. The van der Waals surface area contributed by atoms with Crippen LogP contribution in [0.2, 0.25) is 0 Å². The van der Waals surface area contributed by atoms with E-state index in [1.807, 2.05) is 37.8 Å². The van der Waals surface area contributed by atoms with Gasteiger partial charge in [-0.15, -0.1) is 0 Å². The predicted octanol–water partition coefficient (Wildman–Crippen LogP) is 4.94. The van der Waals surface area contributed by atoms with Crippen molar-refractivity contribution in [2.45, 2.75) is 78.9 Å². The summed E-state index contributed by atoms with van der Waals surface area (Å²) in [6.45, 7) is 11.2. The number of carboxylic acid groups (broad SMARTS) is 1. The third kappa shape index (κ3) is 9.13. The Bertz CT molecular complexity index is 728. The van der Waals surface area contributed by atoms with Gasteiger partial charge in [-0.25, -0.2) is 0 Å². The maximum atomic E-state index is 12.1. The fraction of sp³-hybridized carbons (Fsp3) is 0.600. The smallest absolute Gasteiger partial charge is 0.325 e. The molecule has 31 heavy (non-hydrogen) atoms. The number of nitrogens with zero attached hydrogens (tertiary/aromatic N) is 1. The fourth-order valence-corrected chi connectivity index (χ4v) is 3.60. The summed E-state index contributed by atoms with van der Waals surface area (Å²) in [7, 11) is 1.54. The highest BCUT2D eigenvalue weighted by atomic mass is 16.5. The number of benzene rings is 1. The van der Waals surface area contributed by atoms with Gasteiger partial charge in [-0.05, 0) is 57.2 Å². The largest absolute Gasteiger partial charge is 0.496 e. The molecule has 0 spiro atoms. The molecule has 1 rings (SSSR count). The molecule has 0 aliphatic heterocycles. The number of aliphatic carboxylic acids is 1. The molecule has 0 heterocycles. The molecule has 0 radical (unpaired) electrons. The van der Waals surface area contributed by atoms with E-state index in [9.17, 15) is 14.7 Å². The molecule has 1 aromatic carbocycles. The zero-order chi connectivity index (χ0) is 23.4. The van der Waals surface area contributed by atoms with Crippen LogP contribution < -0.4 is 10.1 Å². The van der Waals surface area contributed by atoms with E-state index >= 15 is 0 Å². The van der Waals surface area contributed by atoms with E-state index in [0.29, 0.717) is 36.7 Å². The van der Waals surface area contributed by atoms with Crippen molar-refractivity contribution in [3.05, 3.63) is 41.5 Å². The molecular weight excluding hydrogens is 392 g/mol. The molecule has 1 unspecified atom stereocenters. The van der Waals surface area contributed by atoms with Gasteiger partial charge in [0.25, 0.3) is 0 Å². The third-order valence-corrected chi connectivity index (χ3v) is 5.22. The summed E-state index contributed by atoms with van der Waals surface area (Å²) in [5.41, 5.74) is 1.50. The van der Waals surface area contributed by atoms with E-state index in [0.717, 1.165) is 24.8 Å². The van der Waals surface area contributed by atoms with Crippen LogP contribution in [-0.2, 0) is 16.1 Å². The van der Waals surface area contributed by atoms with Crippen molar-refractivity contribution in [2.24, 2.45) is 5.92 Å². The molecule has 6 nitrogen and oxygen atoms in total. The second-order valence-electron chi connectivity index (χ2n) is 8.44. The Hall–Kier alpha value is -2.34. The number of likely N-dealkylation sites (N-methyl/N-ethyl adjacent to an activating group) is 1. The number of carboxylic acids is 1. The van der Waals surface area contributed by atoms with Crippen LogP contribution in [0.4, 0.5) is 0 Å². The summed E-state index contributed by atoms with van der Waals surface area (Å²) in [5, 5.41) is 12.8. The zero-order valence-corrected chi connectivity index (χ0v) is 20.0. The van der Waals surface area contributed by atoms with E-state index in [-0.39, 0.29) is 11.9 Å². The van der Waals surface area contributed by atoms with Crippen molar-refractivity contribution < 1.29 is 19.4 Å². The maximum Gasteiger partial charge on any atom is 0.325 e. The fourth-order valence-electron chi connectivity index (χ4n) is 3.60. The molecule has 1 amide bonds. The van der Waals surface area contributed by atoms with Gasteiger partial charge in [0.05, 0.1) is 7.11 Å². The van der Waals surface area contributed by atoms with Crippen molar-refractivity contribution >= 4 is 11.9 Å². The second kappa shape index (κ2) is 13.9. The molecule has 0 fully saturated rings. The lowest BCUT2D eigenvalue weighted by Crippen LogP contribution is -2.39. The average Bonchev–Trinajstić information content (AvgIpc) is 2.72. The van der Waals surface area contributed by atoms with Crippen molar-refractivity contribution in [3.8, 4) is 5.75 Å². The van der Waals surface area contributed by atoms with Crippen LogP contribution in [0.25, 0.3) is 0 Å². The number of ether oxygens (including phenoxy) is 1. The van der Waals surface area contributed by atoms with Crippen LogP contribution in [0.5, 0.6) is 5.75 Å². The average molecular weight is 433 g/mol. The summed E-state index contributed by atoms with van der Waals surface area (Å²) >= 11 is 0. The number of allylic oxidation sites excluding steroid dienone is 2. The summed E-state index contributed by atoms with van der Waals surface area (Å²) in [6, 6.07) is 4.77.